The Morgan fingerprint density at radius 3 is 2.67 bits per heavy atom. The van der Waals surface area contributed by atoms with Gasteiger partial charge in [-0.2, -0.15) is 0 Å². The van der Waals surface area contributed by atoms with E-state index in [0.717, 1.165) is 11.3 Å². The second kappa shape index (κ2) is 8.97. The monoisotopic (exact) mass is 293 g/mol. The third-order valence-electron chi connectivity index (χ3n) is 2.60. The van der Waals surface area contributed by atoms with Crippen molar-refractivity contribution in [3.63, 3.8) is 0 Å². The van der Waals surface area contributed by atoms with Gasteiger partial charge in [0.15, 0.2) is 0 Å². The quantitative estimate of drug-likeness (QED) is 0.647. The average Bonchev–Trinajstić information content (AvgIpc) is 2.48. The van der Waals surface area contributed by atoms with Crippen molar-refractivity contribution in [1.29, 1.82) is 0 Å². The van der Waals surface area contributed by atoms with Gasteiger partial charge < -0.3 is 21.1 Å². The topological polar surface area (TPSA) is 93.5 Å². The van der Waals surface area contributed by atoms with Crippen LogP contribution in [0, 0.1) is 5.92 Å². The van der Waals surface area contributed by atoms with Crippen LogP contribution in [0.4, 0.5) is 0 Å². The minimum Gasteiger partial charge on any atom is -0.493 e. The minimum atomic E-state index is -0.353. The van der Waals surface area contributed by atoms with Crippen molar-refractivity contribution < 1.29 is 14.3 Å². The number of rotatable bonds is 8. The molecule has 0 aliphatic carbocycles. The van der Waals surface area contributed by atoms with Gasteiger partial charge in [-0.1, -0.05) is 26.0 Å². The summed E-state index contributed by atoms with van der Waals surface area (Å²) in [5, 5.41) is 5.13. The normalized spacial score (nSPS) is 10.3. The second-order valence-electron chi connectivity index (χ2n) is 5.11. The molecular formula is C15H23N3O3. The number of benzene rings is 1. The van der Waals surface area contributed by atoms with E-state index >= 15 is 0 Å². The first kappa shape index (κ1) is 17.0. The SMILES string of the molecule is CC(C)COc1cccc(CNC(=O)CNC(=O)CN)c1. The molecule has 6 nitrogen and oxygen atoms in total. The van der Waals surface area contributed by atoms with Crippen LogP contribution in [-0.2, 0) is 16.1 Å². The largest absolute Gasteiger partial charge is 0.493 e. The summed E-state index contributed by atoms with van der Waals surface area (Å²) >= 11 is 0. The van der Waals surface area contributed by atoms with Crippen LogP contribution < -0.4 is 21.1 Å². The molecule has 1 aromatic carbocycles. The molecular weight excluding hydrogens is 270 g/mol. The molecule has 116 valence electrons. The second-order valence-corrected chi connectivity index (χ2v) is 5.11. The Balaban J connectivity index is 2.39. The molecule has 0 saturated heterocycles. The van der Waals surface area contributed by atoms with Crippen molar-refractivity contribution in [3.8, 4) is 5.75 Å². The Morgan fingerprint density at radius 1 is 1.24 bits per heavy atom. The highest BCUT2D eigenvalue weighted by Gasteiger charge is 2.04. The summed E-state index contributed by atoms with van der Waals surface area (Å²) in [5.41, 5.74) is 6.07. The molecule has 1 rings (SSSR count). The molecule has 0 aliphatic rings. The number of nitrogens with one attached hydrogen (secondary N) is 2. The summed E-state index contributed by atoms with van der Waals surface area (Å²) in [6.07, 6.45) is 0. The Labute approximate surface area is 125 Å². The molecule has 0 aliphatic heterocycles. The Kier molecular flexibility index (Phi) is 7.25. The van der Waals surface area contributed by atoms with Gasteiger partial charge in [0.25, 0.3) is 0 Å². The van der Waals surface area contributed by atoms with Crippen LogP contribution >= 0.6 is 0 Å². The van der Waals surface area contributed by atoms with Crippen LogP contribution in [0.25, 0.3) is 0 Å². The van der Waals surface area contributed by atoms with E-state index in [0.29, 0.717) is 19.1 Å². The van der Waals surface area contributed by atoms with Crippen LogP contribution in [0.1, 0.15) is 19.4 Å². The first-order valence-electron chi connectivity index (χ1n) is 6.96. The van der Waals surface area contributed by atoms with E-state index in [1.807, 2.05) is 24.3 Å². The molecule has 0 spiro atoms. The molecule has 0 atom stereocenters. The van der Waals surface area contributed by atoms with E-state index in [4.69, 9.17) is 10.5 Å². The smallest absolute Gasteiger partial charge is 0.239 e. The lowest BCUT2D eigenvalue weighted by atomic mass is 10.2. The first-order valence-corrected chi connectivity index (χ1v) is 6.96. The Bertz CT molecular complexity index is 475. The molecule has 0 saturated carbocycles. The van der Waals surface area contributed by atoms with Crippen LogP contribution in [0.15, 0.2) is 24.3 Å². The lowest BCUT2D eigenvalue weighted by molar-refractivity contribution is -0.125. The Morgan fingerprint density at radius 2 is 2.00 bits per heavy atom. The summed E-state index contributed by atoms with van der Waals surface area (Å²) < 4.78 is 5.62. The van der Waals surface area contributed by atoms with Gasteiger partial charge in [-0.25, -0.2) is 0 Å². The maximum absolute atomic E-state index is 11.5. The number of carbonyl (C=O) groups is 2. The molecule has 6 heteroatoms. The van der Waals surface area contributed by atoms with Crippen LogP contribution in [0.2, 0.25) is 0 Å². The molecule has 0 aromatic heterocycles. The Hall–Kier alpha value is -2.08. The molecule has 0 radical (unpaired) electrons. The number of amides is 2. The van der Waals surface area contributed by atoms with Crippen molar-refractivity contribution in [2.24, 2.45) is 11.7 Å². The molecule has 21 heavy (non-hydrogen) atoms. The minimum absolute atomic E-state index is 0.0699. The van der Waals surface area contributed by atoms with E-state index in [-0.39, 0.29) is 24.9 Å². The fourth-order valence-corrected chi connectivity index (χ4v) is 1.52. The highest BCUT2D eigenvalue weighted by atomic mass is 16.5. The molecule has 4 N–H and O–H groups in total. The average molecular weight is 293 g/mol. The van der Waals surface area contributed by atoms with Gasteiger partial charge in [0.05, 0.1) is 19.7 Å². The van der Waals surface area contributed by atoms with Crippen LogP contribution in [-0.4, -0.2) is 31.5 Å². The molecule has 0 unspecified atom stereocenters. The van der Waals surface area contributed by atoms with Crippen molar-refractivity contribution in [2.75, 3.05) is 19.7 Å². The van der Waals surface area contributed by atoms with Gasteiger partial charge in [0.1, 0.15) is 5.75 Å². The predicted molar refractivity (Wildman–Crippen MR) is 80.7 cm³/mol. The molecule has 1 aromatic rings. The highest BCUT2D eigenvalue weighted by molar-refractivity contribution is 5.85. The van der Waals surface area contributed by atoms with E-state index in [9.17, 15) is 9.59 Å². The zero-order valence-corrected chi connectivity index (χ0v) is 12.5. The van der Waals surface area contributed by atoms with Crippen molar-refractivity contribution >= 4 is 11.8 Å². The predicted octanol–water partition coefficient (Wildman–Crippen LogP) is 0.413. The standard InChI is InChI=1S/C15H23N3O3/c1-11(2)10-21-13-5-3-4-12(6-13)8-17-15(20)9-18-14(19)7-16/h3-6,11H,7-10,16H2,1-2H3,(H,17,20)(H,18,19). The summed E-state index contributed by atoms with van der Waals surface area (Å²) in [5.74, 6) is 0.630. The lowest BCUT2D eigenvalue weighted by Crippen LogP contribution is -2.39. The maximum atomic E-state index is 11.5. The molecule has 0 bridgehead atoms. The number of hydrogen-bond donors (Lipinski definition) is 3. The van der Waals surface area contributed by atoms with E-state index in [1.165, 1.54) is 0 Å². The van der Waals surface area contributed by atoms with Gasteiger partial charge in [0, 0.05) is 6.54 Å². The highest BCUT2D eigenvalue weighted by Crippen LogP contribution is 2.14. The van der Waals surface area contributed by atoms with Gasteiger partial charge >= 0.3 is 0 Å². The molecule has 0 heterocycles. The van der Waals surface area contributed by atoms with Gasteiger partial charge in [-0.05, 0) is 23.6 Å². The van der Waals surface area contributed by atoms with E-state index in [1.54, 1.807) is 0 Å². The summed E-state index contributed by atoms with van der Waals surface area (Å²) in [6, 6.07) is 7.56. The van der Waals surface area contributed by atoms with Gasteiger partial charge in [-0.15, -0.1) is 0 Å². The van der Waals surface area contributed by atoms with Crippen LogP contribution in [0.5, 0.6) is 5.75 Å². The first-order chi connectivity index (χ1) is 10.0. The molecule has 0 fully saturated rings. The van der Waals surface area contributed by atoms with Gasteiger partial charge in [-0.3, -0.25) is 9.59 Å². The maximum Gasteiger partial charge on any atom is 0.239 e. The fourth-order valence-electron chi connectivity index (χ4n) is 1.52. The fraction of sp³-hybridized carbons (Fsp3) is 0.467. The number of carbonyl (C=O) groups excluding carboxylic acids is 2. The van der Waals surface area contributed by atoms with Crippen molar-refractivity contribution in [3.05, 3.63) is 29.8 Å². The lowest BCUT2D eigenvalue weighted by Gasteiger charge is -2.10. The summed E-state index contributed by atoms with van der Waals surface area (Å²) in [4.78, 5) is 22.5. The van der Waals surface area contributed by atoms with Crippen LogP contribution in [0.3, 0.4) is 0 Å². The number of nitrogens with two attached hydrogens (primary N) is 1. The third kappa shape index (κ3) is 7.31. The zero-order chi connectivity index (χ0) is 15.7. The van der Waals surface area contributed by atoms with E-state index < -0.39 is 0 Å². The summed E-state index contributed by atoms with van der Waals surface area (Å²) in [6.45, 7) is 5.01. The third-order valence-corrected chi connectivity index (χ3v) is 2.60. The van der Waals surface area contributed by atoms with E-state index in [2.05, 4.69) is 24.5 Å². The summed E-state index contributed by atoms with van der Waals surface area (Å²) in [7, 11) is 0. The molecule has 2 amide bonds. The number of ether oxygens (including phenoxy) is 1. The van der Waals surface area contributed by atoms with Crippen molar-refractivity contribution in [2.45, 2.75) is 20.4 Å². The van der Waals surface area contributed by atoms with Gasteiger partial charge in [0.2, 0.25) is 11.8 Å². The number of hydrogen-bond acceptors (Lipinski definition) is 4. The van der Waals surface area contributed by atoms with Crippen molar-refractivity contribution in [1.82, 2.24) is 10.6 Å². The zero-order valence-electron chi connectivity index (χ0n) is 12.5.